The first kappa shape index (κ1) is 10.6. The zero-order chi connectivity index (χ0) is 10.9. The van der Waals surface area contributed by atoms with Gasteiger partial charge in [0, 0.05) is 5.69 Å². The first-order valence-electron chi connectivity index (χ1n) is 4.67. The van der Waals surface area contributed by atoms with Crippen molar-refractivity contribution in [3.63, 3.8) is 0 Å². The van der Waals surface area contributed by atoms with Gasteiger partial charge in [-0.05, 0) is 35.6 Å². The van der Waals surface area contributed by atoms with Crippen LogP contribution in [0.2, 0.25) is 0 Å². The molecule has 0 saturated carbocycles. The molecule has 1 aromatic rings. The Morgan fingerprint density at radius 2 is 1.86 bits per heavy atom. The van der Waals surface area contributed by atoms with E-state index in [4.69, 9.17) is 11.0 Å². The molecule has 0 aliphatic carbocycles. The second-order valence-corrected chi connectivity index (χ2v) is 4.62. The van der Waals surface area contributed by atoms with Gasteiger partial charge in [-0.15, -0.1) is 0 Å². The minimum Gasteiger partial charge on any atom is -0.399 e. The van der Waals surface area contributed by atoms with Crippen LogP contribution >= 0.6 is 0 Å². The molecule has 0 bridgehead atoms. The normalized spacial score (nSPS) is 11.1. The highest BCUT2D eigenvalue weighted by atomic mass is 14.6. The van der Waals surface area contributed by atoms with E-state index in [0.29, 0.717) is 0 Å². The number of nitrogens with two attached hydrogens (primary N) is 1. The number of rotatable bonds is 0. The molecule has 0 unspecified atom stereocenters. The first-order chi connectivity index (χ1) is 6.36. The lowest BCUT2D eigenvalue weighted by Crippen LogP contribution is -2.14. The van der Waals surface area contributed by atoms with Crippen LogP contribution in [0, 0.1) is 18.3 Å². The molecule has 1 aromatic carbocycles. The second kappa shape index (κ2) is 3.34. The van der Waals surface area contributed by atoms with Crippen LogP contribution in [0.4, 0.5) is 5.69 Å². The third-order valence-corrected chi connectivity index (χ3v) is 2.33. The molecule has 2 nitrogen and oxygen atoms in total. The van der Waals surface area contributed by atoms with E-state index in [2.05, 4.69) is 26.8 Å². The third-order valence-electron chi connectivity index (χ3n) is 2.33. The van der Waals surface area contributed by atoms with Gasteiger partial charge in [-0.1, -0.05) is 20.8 Å². The number of aryl methyl sites for hydroxylation is 1. The van der Waals surface area contributed by atoms with Gasteiger partial charge in [0.2, 0.25) is 0 Å². The molecule has 0 heterocycles. The number of nitrogens with zero attached hydrogens (tertiary/aromatic N) is 1. The highest BCUT2D eigenvalue weighted by Gasteiger charge is 2.18. The molecule has 0 atom stereocenters. The van der Waals surface area contributed by atoms with Crippen molar-refractivity contribution in [2.24, 2.45) is 0 Å². The number of hydrogen-bond donors (Lipinski definition) is 1. The van der Waals surface area contributed by atoms with Crippen molar-refractivity contribution in [3.05, 3.63) is 28.8 Å². The zero-order valence-corrected chi connectivity index (χ0v) is 9.18. The Bertz CT molecular complexity index is 392. The first-order valence-corrected chi connectivity index (χ1v) is 4.67. The predicted molar refractivity (Wildman–Crippen MR) is 59.0 cm³/mol. The van der Waals surface area contributed by atoms with Gasteiger partial charge in [-0.2, -0.15) is 5.26 Å². The minimum absolute atomic E-state index is 0.0348. The molecule has 2 heteroatoms. The summed E-state index contributed by atoms with van der Waals surface area (Å²) in [4.78, 5) is 0. The lowest BCUT2D eigenvalue weighted by Gasteiger charge is -2.21. The Morgan fingerprint density at radius 1 is 1.29 bits per heavy atom. The molecule has 0 aliphatic heterocycles. The molecule has 0 spiro atoms. The number of anilines is 1. The van der Waals surface area contributed by atoms with Crippen molar-refractivity contribution in [1.29, 1.82) is 5.26 Å². The van der Waals surface area contributed by atoms with Crippen molar-refractivity contribution in [2.45, 2.75) is 33.1 Å². The third kappa shape index (κ3) is 1.88. The summed E-state index contributed by atoms with van der Waals surface area (Å²) in [6, 6.07) is 5.98. The number of nitrogen functional groups attached to an aromatic ring is 1. The fourth-order valence-corrected chi connectivity index (χ4v) is 1.44. The van der Waals surface area contributed by atoms with Crippen molar-refractivity contribution >= 4 is 5.69 Å². The summed E-state index contributed by atoms with van der Waals surface area (Å²) in [7, 11) is 0. The minimum atomic E-state index is -0.0348. The Kier molecular flexibility index (Phi) is 2.53. The largest absolute Gasteiger partial charge is 0.399 e. The quantitative estimate of drug-likeness (QED) is 0.636. The molecule has 0 radical (unpaired) electrons. The molecule has 0 aromatic heterocycles. The summed E-state index contributed by atoms with van der Waals surface area (Å²) in [5.41, 5.74) is 9.26. The topological polar surface area (TPSA) is 49.8 Å². The highest BCUT2D eigenvalue weighted by molar-refractivity contribution is 5.56. The molecule has 2 N–H and O–H groups in total. The van der Waals surface area contributed by atoms with Crippen molar-refractivity contribution in [2.75, 3.05) is 5.73 Å². The summed E-state index contributed by atoms with van der Waals surface area (Å²) < 4.78 is 0. The highest BCUT2D eigenvalue weighted by Crippen LogP contribution is 2.29. The van der Waals surface area contributed by atoms with E-state index in [9.17, 15) is 0 Å². The van der Waals surface area contributed by atoms with Crippen LogP contribution in [0.25, 0.3) is 0 Å². The van der Waals surface area contributed by atoms with E-state index < -0.39 is 0 Å². The lowest BCUT2D eigenvalue weighted by molar-refractivity contribution is 0.588. The SMILES string of the molecule is Cc1cc(C#N)c(C(C)(C)C)cc1N. The van der Waals surface area contributed by atoms with Crippen molar-refractivity contribution in [1.82, 2.24) is 0 Å². The van der Waals surface area contributed by atoms with E-state index >= 15 is 0 Å². The smallest absolute Gasteiger partial charge is 0.0994 e. The Labute approximate surface area is 85.4 Å². The van der Waals surface area contributed by atoms with Crippen LogP contribution < -0.4 is 5.73 Å². The van der Waals surface area contributed by atoms with Crippen LogP contribution in [0.1, 0.15) is 37.5 Å². The fourth-order valence-electron chi connectivity index (χ4n) is 1.44. The standard InChI is InChI=1S/C12H16N2/c1-8-5-9(7-13)10(6-11(8)14)12(2,3)4/h5-6H,14H2,1-4H3. The Morgan fingerprint density at radius 3 is 2.29 bits per heavy atom. The predicted octanol–water partition coefficient (Wildman–Crippen LogP) is 2.75. The van der Waals surface area contributed by atoms with Crippen LogP contribution in [0.15, 0.2) is 12.1 Å². The van der Waals surface area contributed by atoms with Gasteiger partial charge in [-0.3, -0.25) is 0 Å². The van der Waals surface area contributed by atoms with Gasteiger partial charge in [0.1, 0.15) is 0 Å². The van der Waals surface area contributed by atoms with E-state index in [1.165, 1.54) is 0 Å². The van der Waals surface area contributed by atoms with Crippen LogP contribution in [0.5, 0.6) is 0 Å². The average molecular weight is 188 g/mol. The van der Waals surface area contributed by atoms with Gasteiger partial charge in [0.15, 0.2) is 0 Å². The summed E-state index contributed by atoms with van der Waals surface area (Å²) in [5.74, 6) is 0. The zero-order valence-electron chi connectivity index (χ0n) is 9.18. The summed E-state index contributed by atoms with van der Waals surface area (Å²) in [5, 5.41) is 9.01. The lowest BCUT2D eigenvalue weighted by atomic mass is 9.83. The molecule has 14 heavy (non-hydrogen) atoms. The molecular weight excluding hydrogens is 172 g/mol. The van der Waals surface area contributed by atoms with E-state index in [0.717, 1.165) is 22.4 Å². The average Bonchev–Trinajstić information content (AvgIpc) is 2.07. The molecular formula is C12H16N2. The Balaban J connectivity index is 3.45. The molecule has 0 fully saturated rings. The number of hydrogen-bond acceptors (Lipinski definition) is 2. The van der Waals surface area contributed by atoms with Crippen LogP contribution in [-0.2, 0) is 5.41 Å². The van der Waals surface area contributed by atoms with Crippen LogP contribution in [-0.4, -0.2) is 0 Å². The molecule has 1 rings (SSSR count). The molecule has 0 amide bonds. The van der Waals surface area contributed by atoms with Gasteiger partial charge >= 0.3 is 0 Å². The molecule has 0 aliphatic rings. The monoisotopic (exact) mass is 188 g/mol. The Hall–Kier alpha value is -1.49. The van der Waals surface area contributed by atoms with Crippen molar-refractivity contribution < 1.29 is 0 Å². The van der Waals surface area contributed by atoms with Gasteiger partial charge < -0.3 is 5.73 Å². The van der Waals surface area contributed by atoms with Crippen molar-refractivity contribution in [3.8, 4) is 6.07 Å². The summed E-state index contributed by atoms with van der Waals surface area (Å²) in [6.45, 7) is 8.16. The van der Waals surface area contributed by atoms with Gasteiger partial charge in [0.05, 0.1) is 11.6 Å². The second-order valence-electron chi connectivity index (χ2n) is 4.62. The van der Waals surface area contributed by atoms with E-state index in [1.807, 2.05) is 19.1 Å². The van der Waals surface area contributed by atoms with Gasteiger partial charge in [0.25, 0.3) is 0 Å². The summed E-state index contributed by atoms with van der Waals surface area (Å²) >= 11 is 0. The van der Waals surface area contributed by atoms with Crippen LogP contribution in [0.3, 0.4) is 0 Å². The maximum atomic E-state index is 9.01. The number of nitriles is 1. The van der Waals surface area contributed by atoms with E-state index in [1.54, 1.807) is 0 Å². The maximum Gasteiger partial charge on any atom is 0.0994 e. The molecule has 74 valence electrons. The maximum absolute atomic E-state index is 9.01. The fraction of sp³-hybridized carbons (Fsp3) is 0.417. The van der Waals surface area contributed by atoms with Gasteiger partial charge in [-0.25, -0.2) is 0 Å². The molecule has 0 saturated heterocycles. The number of benzene rings is 1. The van der Waals surface area contributed by atoms with E-state index in [-0.39, 0.29) is 5.41 Å². The summed E-state index contributed by atoms with van der Waals surface area (Å²) in [6.07, 6.45) is 0.